The molecule has 1 aromatic heterocycles. The molecule has 11 heteroatoms. The molecule has 2 fully saturated rings. The smallest absolute Gasteiger partial charge is 0.253 e. The van der Waals surface area contributed by atoms with Gasteiger partial charge in [0.25, 0.3) is 5.91 Å². The van der Waals surface area contributed by atoms with Crippen LogP contribution in [0.5, 0.6) is 5.75 Å². The van der Waals surface area contributed by atoms with Crippen molar-refractivity contribution in [2.24, 2.45) is 0 Å². The van der Waals surface area contributed by atoms with Crippen LogP contribution in [0.2, 0.25) is 0 Å². The number of piperazine rings is 1. The van der Waals surface area contributed by atoms with Crippen molar-refractivity contribution in [3.05, 3.63) is 71.9 Å². The van der Waals surface area contributed by atoms with E-state index in [0.717, 1.165) is 16.7 Å². The number of nitrogens with zero attached hydrogens (tertiary/aromatic N) is 3. The standard InChI is InChI=1S/C29H35N5O5S/c1-20-17-33(18-21(2)32-20)29(35)24-7-5-23(6-8-24)25-15-27(28(30)31-16-25)39-19-22-3-9-26(10-4-22)40(36,37)34-11-13-38-14-12-34/h3-10,15-16,20-21,32H,11-14,17-19H2,1-2H3,(H2,30,31). The van der Waals surface area contributed by atoms with Crippen LogP contribution in [0, 0.1) is 0 Å². The number of carbonyl (C=O) groups is 1. The molecular formula is C29H35N5O5S. The molecule has 2 atom stereocenters. The largest absolute Gasteiger partial charge is 0.485 e. The lowest BCUT2D eigenvalue weighted by molar-refractivity contribution is 0.0674. The van der Waals surface area contributed by atoms with E-state index in [0.29, 0.717) is 50.7 Å². The third-order valence-corrected chi connectivity index (χ3v) is 9.03. The average Bonchev–Trinajstić information content (AvgIpc) is 2.96. The number of sulfonamides is 1. The molecule has 10 nitrogen and oxygen atoms in total. The summed E-state index contributed by atoms with van der Waals surface area (Å²) in [5.41, 5.74) is 9.21. The fourth-order valence-electron chi connectivity index (χ4n) is 5.06. The number of morpholine rings is 1. The summed E-state index contributed by atoms with van der Waals surface area (Å²) < 4.78 is 38.4. The topological polar surface area (TPSA) is 127 Å². The van der Waals surface area contributed by atoms with E-state index < -0.39 is 10.0 Å². The van der Waals surface area contributed by atoms with Gasteiger partial charge in [-0.05, 0) is 55.3 Å². The number of nitrogen functional groups attached to an aromatic ring is 1. The predicted molar refractivity (Wildman–Crippen MR) is 152 cm³/mol. The highest BCUT2D eigenvalue weighted by atomic mass is 32.2. The summed E-state index contributed by atoms with van der Waals surface area (Å²) in [7, 11) is -3.55. The third-order valence-electron chi connectivity index (χ3n) is 7.12. The molecule has 2 aliphatic heterocycles. The van der Waals surface area contributed by atoms with Gasteiger partial charge in [-0.2, -0.15) is 4.31 Å². The fourth-order valence-corrected chi connectivity index (χ4v) is 6.47. The number of aromatic nitrogens is 1. The van der Waals surface area contributed by atoms with E-state index in [4.69, 9.17) is 15.2 Å². The molecule has 3 heterocycles. The van der Waals surface area contributed by atoms with Crippen LogP contribution in [0.25, 0.3) is 11.1 Å². The number of anilines is 1. The summed E-state index contributed by atoms with van der Waals surface area (Å²) in [6.07, 6.45) is 1.67. The van der Waals surface area contributed by atoms with E-state index in [1.54, 1.807) is 30.5 Å². The van der Waals surface area contributed by atoms with Crippen molar-refractivity contribution in [1.29, 1.82) is 0 Å². The number of hydrogen-bond donors (Lipinski definition) is 2. The van der Waals surface area contributed by atoms with Gasteiger partial charge < -0.3 is 25.4 Å². The molecule has 3 N–H and O–H groups in total. The van der Waals surface area contributed by atoms with Crippen LogP contribution in [-0.4, -0.2) is 80.0 Å². The highest BCUT2D eigenvalue weighted by Crippen LogP contribution is 2.28. The van der Waals surface area contributed by atoms with Gasteiger partial charge in [-0.1, -0.05) is 24.3 Å². The Hall–Kier alpha value is -3.51. The van der Waals surface area contributed by atoms with Crippen molar-refractivity contribution in [1.82, 2.24) is 19.5 Å². The molecule has 0 bridgehead atoms. The zero-order chi connectivity index (χ0) is 28.3. The van der Waals surface area contributed by atoms with Crippen LogP contribution in [0.4, 0.5) is 5.82 Å². The van der Waals surface area contributed by atoms with Crippen LogP contribution in [-0.2, 0) is 21.4 Å². The zero-order valence-corrected chi connectivity index (χ0v) is 23.6. The molecule has 2 unspecified atom stereocenters. The summed E-state index contributed by atoms with van der Waals surface area (Å²) in [6, 6.07) is 16.4. The normalized spacial score (nSPS) is 20.3. The first kappa shape index (κ1) is 28.0. The van der Waals surface area contributed by atoms with Gasteiger partial charge in [0.1, 0.15) is 6.61 Å². The monoisotopic (exact) mass is 565 g/mol. The van der Waals surface area contributed by atoms with E-state index in [1.165, 1.54) is 4.31 Å². The first-order valence-corrected chi connectivity index (χ1v) is 14.9. The third kappa shape index (κ3) is 6.28. The SMILES string of the molecule is CC1CN(C(=O)c2ccc(-c3cnc(N)c(OCc4ccc(S(=O)(=O)N5CCOCC5)cc4)c3)cc2)CC(C)N1. The van der Waals surface area contributed by atoms with Crippen molar-refractivity contribution in [2.45, 2.75) is 37.4 Å². The first-order chi connectivity index (χ1) is 19.2. The van der Waals surface area contributed by atoms with Crippen molar-refractivity contribution in [2.75, 3.05) is 45.1 Å². The summed E-state index contributed by atoms with van der Waals surface area (Å²) in [5.74, 6) is 0.699. The van der Waals surface area contributed by atoms with E-state index in [9.17, 15) is 13.2 Å². The quantitative estimate of drug-likeness (QED) is 0.448. The number of ether oxygens (including phenoxy) is 2. The molecular weight excluding hydrogens is 530 g/mol. The van der Waals surface area contributed by atoms with Crippen LogP contribution in [0.3, 0.4) is 0 Å². The van der Waals surface area contributed by atoms with Crippen molar-refractivity contribution in [3.8, 4) is 16.9 Å². The summed E-state index contributed by atoms with van der Waals surface area (Å²) in [5, 5.41) is 3.44. The Labute approximate surface area is 235 Å². The molecule has 0 radical (unpaired) electrons. The molecule has 2 saturated heterocycles. The Morgan fingerprint density at radius 1 is 1.02 bits per heavy atom. The maximum absolute atomic E-state index is 13.0. The number of pyridine rings is 1. The lowest BCUT2D eigenvalue weighted by Crippen LogP contribution is -2.55. The molecule has 0 aliphatic carbocycles. The maximum Gasteiger partial charge on any atom is 0.253 e. The van der Waals surface area contributed by atoms with Crippen LogP contribution in [0.1, 0.15) is 29.8 Å². The van der Waals surface area contributed by atoms with Crippen molar-refractivity contribution in [3.63, 3.8) is 0 Å². The Morgan fingerprint density at radius 3 is 2.33 bits per heavy atom. The molecule has 2 aromatic carbocycles. The van der Waals surface area contributed by atoms with Gasteiger partial charge in [0.05, 0.1) is 18.1 Å². The van der Waals surface area contributed by atoms with Crippen molar-refractivity contribution >= 4 is 21.7 Å². The molecule has 212 valence electrons. The van der Waals surface area contributed by atoms with E-state index >= 15 is 0 Å². The summed E-state index contributed by atoms with van der Waals surface area (Å²) >= 11 is 0. The molecule has 40 heavy (non-hydrogen) atoms. The van der Waals surface area contributed by atoms with Crippen molar-refractivity contribution < 1.29 is 22.7 Å². The second-order valence-corrected chi connectivity index (χ2v) is 12.3. The Kier molecular flexibility index (Phi) is 8.36. The maximum atomic E-state index is 13.0. The lowest BCUT2D eigenvalue weighted by atomic mass is 10.0. The van der Waals surface area contributed by atoms with Crippen LogP contribution in [0.15, 0.2) is 65.7 Å². The van der Waals surface area contributed by atoms with E-state index in [-0.39, 0.29) is 35.3 Å². The van der Waals surface area contributed by atoms with E-state index in [1.807, 2.05) is 35.2 Å². The predicted octanol–water partition coefficient (Wildman–Crippen LogP) is 2.75. The first-order valence-electron chi connectivity index (χ1n) is 13.4. The molecule has 1 amide bonds. The van der Waals surface area contributed by atoms with Gasteiger partial charge in [-0.25, -0.2) is 13.4 Å². The van der Waals surface area contributed by atoms with Gasteiger partial charge >= 0.3 is 0 Å². The number of hydrogen-bond acceptors (Lipinski definition) is 8. The van der Waals surface area contributed by atoms with Gasteiger partial charge in [0.15, 0.2) is 11.6 Å². The lowest BCUT2D eigenvalue weighted by Gasteiger charge is -2.36. The Morgan fingerprint density at radius 2 is 1.68 bits per heavy atom. The minimum atomic E-state index is -3.55. The molecule has 5 rings (SSSR count). The van der Waals surface area contributed by atoms with Gasteiger partial charge in [-0.15, -0.1) is 0 Å². The number of benzene rings is 2. The summed E-state index contributed by atoms with van der Waals surface area (Å²) in [6.45, 7) is 7.22. The van der Waals surface area contributed by atoms with Crippen LogP contribution < -0.4 is 15.8 Å². The molecule has 0 spiro atoms. The molecule has 2 aliphatic rings. The van der Waals surface area contributed by atoms with Gasteiger partial charge in [-0.3, -0.25) is 4.79 Å². The number of rotatable bonds is 7. The minimum absolute atomic E-state index is 0.0231. The highest BCUT2D eigenvalue weighted by Gasteiger charge is 2.27. The Balaban J connectivity index is 1.24. The second kappa shape index (κ2) is 11.9. The number of amides is 1. The summed E-state index contributed by atoms with van der Waals surface area (Å²) in [4.78, 5) is 19.4. The molecule has 3 aromatic rings. The molecule has 0 saturated carbocycles. The zero-order valence-electron chi connectivity index (χ0n) is 22.7. The Bertz CT molecular complexity index is 1430. The van der Waals surface area contributed by atoms with Gasteiger partial charge in [0, 0.05) is 55.6 Å². The van der Waals surface area contributed by atoms with Gasteiger partial charge in [0.2, 0.25) is 10.0 Å². The number of nitrogens with two attached hydrogens (primary N) is 1. The van der Waals surface area contributed by atoms with E-state index in [2.05, 4.69) is 24.1 Å². The highest BCUT2D eigenvalue weighted by molar-refractivity contribution is 7.89. The fraction of sp³-hybridized carbons (Fsp3) is 0.379. The average molecular weight is 566 g/mol. The minimum Gasteiger partial charge on any atom is -0.485 e. The van der Waals surface area contributed by atoms with Crippen LogP contribution >= 0.6 is 0 Å². The second-order valence-electron chi connectivity index (χ2n) is 10.3. The number of nitrogens with one attached hydrogen (secondary N) is 1. The number of carbonyl (C=O) groups excluding carboxylic acids is 1.